The van der Waals surface area contributed by atoms with Crippen LogP contribution in [0.1, 0.15) is 77.1 Å². The summed E-state index contributed by atoms with van der Waals surface area (Å²) in [5.74, 6) is 0.860. The van der Waals surface area contributed by atoms with Gasteiger partial charge in [0, 0.05) is 24.2 Å². The molecule has 2 aliphatic rings. The number of benzene rings is 2. The van der Waals surface area contributed by atoms with E-state index in [0.29, 0.717) is 24.7 Å². The van der Waals surface area contributed by atoms with E-state index in [1.165, 1.54) is 14.2 Å². The van der Waals surface area contributed by atoms with Crippen molar-refractivity contribution in [2.24, 2.45) is 11.8 Å². The summed E-state index contributed by atoms with van der Waals surface area (Å²) in [6, 6.07) is 12.0. The first-order valence-corrected chi connectivity index (χ1v) is 19.7. The molecule has 2 fully saturated rings. The Morgan fingerprint density at radius 1 is 0.655 bits per heavy atom. The van der Waals surface area contributed by atoms with E-state index in [-0.39, 0.29) is 35.7 Å². The SMILES string of the molecule is COC(=O)N[C@H](C(=O)N1CCC[C@H]1c1ncc(-c2ccc(-c3cnc4cc(-c5cnc([C@@H]6CCCN6C(=O)[C@H](NC(=O)OC)C(C)C)[nH]5)ccc4n3)cc2)[nH]1)C(C)C. The average molecular weight is 791 g/mol. The first-order valence-electron chi connectivity index (χ1n) is 19.7. The standard InChI is InChI=1S/C42H50N10O6/c1-23(2)35(49-41(55)57-5)39(53)51-17-7-9-33(51)37-44-21-31(47-37)26-13-11-25(12-14-26)30-20-43-29-19-27(15-16-28(29)46-30)32-22-45-38(48-32)34-10-8-18-52(34)40(54)36(24(3)4)50-42(56)58-6/h11-16,19-24,33-36H,7-10,17-18H2,1-6H3,(H,44,47)(H,45,48)(H,49,55)(H,50,56)/t33-,34-,35-,36+/m0/s1. The van der Waals surface area contributed by atoms with Gasteiger partial charge in [-0.25, -0.2) is 24.5 Å². The Hall–Kier alpha value is -6.32. The molecule has 0 spiro atoms. The Bertz CT molecular complexity index is 2290. The normalized spacial score (nSPS) is 17.8. The molecular formula is C42H50N10O6. The molecule has 4 atom stereocenters. The quantitative estimate of drug-likeness (QED) is 0.120. The minimum absolute atomic E-state index is 0.114. The Morgan fingerprint density at radius 3 is 1.64 bits per heavy atom. The van der Waals surface area contributed by atoms with Gasteiger partial charge in [0.25, 0.3) is 0 Å². The third-order valence-corrected chi connectivity index (χ3v) is 11.0. The largest absolute Gasteiger partial charge is 0.453 e. The van der Waals surface area contributed by atoms with Gasteiger partial charge in [-0.15, -0.1) is 0 Å². The van der Waals surface area contributed by atoms with Gasteiger partial charge in [0.2, 0.25) is 11.8 Å². The van der Waals surface area contributed by atoms with Crippen LogP contribution < -0.4 is 10.6 Å². The molecule has 2 aliphatic heterocycles. The highest BCUT2D eigenvalue weighted by molar-refractivity contribution is 5.87. The van der Waals surface area contributed by atoms with Gasteiger partial charge < -0.3 is 39.9 Å². The van der Waals surface area contributed by atoms with Crippen LogP contribution in [0.2, 0.25) is 0 Å². The lowest BCUT2D eigenvalue weighted by Gasteiger charge is -2.30. The zero-order valence-corrected chi connectivity index (χ0v) is 33.6. The van der Waals surface area contributed by atoms with Crippen molar-refractivity contribution >= 4 is 35.0 Å². The zero-order chi connectivity index (χ0) is 41.1. The summed E-state index contributed by atoms with van der Waals surface area (Å²) in [6.07, 6.45) is 7.24. The van der Waals surface area contributed by atoms with Crippen molar-refractivity contribution in [1.29, 1.82) is 0 Å². The summed E-state index contributed by atoms with van der Waals surface area (Å²) in [7, 11) is 2.57. The molecule has 58 heavy (non-hydrogen) atoms. The lowest BCUT2D eigenvalue weighted by Crippen LogP contribution is -2.51. The van der Waals surface area contributed by atoms with Gasteiger partial charge >= 0.3 is 12.2 Å². The Kier molecular flexibility index (Phi) is 11.7. The number of amides is 4. The van der Waals surface area contributed by atoms with E-state index in [9.17, 15) is 19.2 Å². The van der Waals surface area contributed by atoms with Gasteiger partial charge in [0.05, 0.1) is 73.0 Å². The molecule has 7 rings (SSSR count). The highest BCUT2D eigenvalue weighted by Crippen LogP contribution is 2.35. The van der Waals surface area contributed by atoms with Gasteiger partial charge in [-0.3, -0.25) is 14.6 Å². The fraction of sp³-hybridized carbons (Fsp3) is 0.429. The highest BCUT2D eigenvalue weighted by Gasteiger charge is 2.39. The van der Waals surface area contributed by atoms with Gasteiger partial charge in [0.15, 0.2) is 0 Å². The maximum absolute atomic E-state index is 13.6. The molecule has 0 unspecified atom stereocenters. The van der Waals surface area contributed by atoms with Crippen LogP contribution in [0.25, 0.3) is 44.8 Å². The van der Waals surface area contributed by atoms with Crippen LogP contribution in [0.5, 0.6) is 0 Å². The molecule has 304 valence electrons. The number of rotatable bonds is 11. The number of ether oxygens (including phenoxy) is 2. The van der Waals surface area contributed by atoms with Crippen LogP contribution in [0.15, 0.2) is 61.1 Å². The van der Waals surface area contributed by atoms with Crippen LogP contribution in [-0.4, -0.2) is 103 Å². The number of fused-ring (bicyclic) bond motifs is 1. The van der Waals surface area contributed by atoms with Crippen LogP contribution in [0, 0.1) is 11.8 Å². The van der Waals surface area contributed by atoms with Crippen molar-refractivity contribution in [3.05, 3.63) is 72.7 Å². The molecule has 0 saturated carbocycles. The Labute approximate surface area is 336 Å². The minimum Gasteiger partial charge on any atom is -0.453 e. The number of nitrogens with one attached hydrogen (secondary N) is 4. The molecule has 4 amide bonds. The number of aromatic nitrogens is 6. The molecule has 16 nitrogen and oxygen atoms in total. The average Bonchev–Trinajstić information content (AvgIpc) is 4.07. The van der Waals surface area contributed by atoms with Crippen molar-refractivity contribution in [2.45, 2.75) is 77.5 Å². The van der Waals surface area contributed by atoms with Gasteiger partial charge in [0.1, 0.15) is 23.7 Å². The number of nitrogens with zero attached hydrogens (tertiary/aromatic N) is 6. The number of hydrogen-bond donors (Lipinski definition) is 4. The summed E-state index contributed by atoms with van der Waals surface area (Å²) in [5, 5.41) is 5.38. The number of imidazole rings is 2. The lowest BCUT2D eigenvalue weighted by atomic mass is 10.0. The molecule has 0 aliphatic carbocycles. The lowest BCUT2D eigenvalue weighted by molar-refractivity contribution is -0.136. The minimum atomic E-state index is -0.703. The summed E-state index contributed by atoms with van der Waals surface area (Å²) in [5.41, 5.74) is 6.56. The van der Waals surface area contributed by atoms with E-state index in [2.05, 4.69) is 30.6 Å². The van der Waals surface area contributed by atoms with Crippen LogP contribution in [-0.2, 0) is 19.1 Å². The van der Waals surface area contributed by atoms with Gasteiger partial charge in [-0.05, 0) is 55.2 Å². The molecule has 2 saturated heterocycles. The van der Waals surface area contributed by atoms with E-state index >= 15 is 0 Å². The van der Waals surface area contributed by atoms with Gasteiger partial charge in [-0.1, -0.05) is 58.0 Å². The Morgan fingerprint density at radius 2 is 1.14 bits per heavy atom. The molecule has 3 aromatic heterocycles. The van der Waals surface area contributed by atoms with Crippen LogP contribution in [0.3, 0.4) is 0 Å². The predicted octanol–water partition coefficient (Wildman–Crippen LogP) is 6.17. The summed E-state index contributed by atoms with van der Waals surface area (Å²) in [4.78, 5) is 80.5. The molecule has 2 aromatic carbocycles. The van der Waals surface area contributed by atoms with Crippen LogP contribution >= 0.6 is 0 Å². The number of alkyl carbamates (subject to hydrolysis) is 2. The first kappa shape index (κ1) is 39.9. The monoisotopic (exact) mass is 790 g/mol. The van der Waals surface area contributed by atoms with E-state index < -0.39 is 24.3 Å². The first-order chi connectivity index (χ1) is 27.9. The fourth-order valence-electron chi connectivity index (χ4n) is 7.83. The smallest absolute Gasteiger partial charge is 0.407 e. The number of aromatic amines is 2. The molecule has 5 aromatic rings. The fourth-order valence-corrected chi connectivity index (χ4v) is 7.83. The Balaban J connectivity index is 1.02. The second kappa shape index (κ2) is 17.0. The molecule has 4 N–H and O–H groups in total. The summed E-state index contributed by atoms with van der Waals surface area (Å²) in [6.45, 7) is 8.74. The second-order valence-electron chi connectivity index (χ2n) is 15.5. The molecule has 0 radical (unpaired) electrons. The molecule has 16 heteroatoms. The number of carbonyl (C=O) groups is 4. The number of methoxy groups -OCH3 is 2. The third kappa shape index (κ3) is 8.22. The maximum atomic E-state index is 13.6. The van der Waals surface area contributed by atoms with E-state index in [4.69, 9.17) is 19.4 Å². The van der Waals surface area contributed by atoms with Crippen molar-refractivity contribution < 1.29 is 28.7 Å². The molecular weight excluding hydrogens is 741 g/mol. The zero-order valence-electron chi connectivity index (χ0n) is 33.6. The van der Waals surface area contributed by atoms with E-state index in [1.54, 1.807) is 28.4 Å². The predicted molar refractivity (Wildman–Crippen MR) is 216 cm³/mol. The van der Waals surface area contributed by atoms with Crippen LogP contribution in [0.4, 0.5) is 9.59 Å². The van der Waals surface area contributed by atoms with Gasteiger partial charge in [-0.2, -0.15) is 0 Å². The maximum Gasteiger partial charge on any atom is 0.407 e. The number of likely N-dealkylation sites (tertiary alicyclic amines) is 2. The number of carbonyl (C=O) groups excluding carboxylic acids is 4. The second-order valence-corrected chi connectivity index (χ2v) is 15.5. The molecule has 0 bridgehead atoms. The number of hydrogen-bond acceptors (Lipinski definition) is 10. The number of H-pyrrole nitrogens is 2. The van der Waals surface area contributed by atoms with Crippen molar-refractivity contribution in [2.75, 3.05) is 27.3 Å². The van der Waals surface area contributed by atoms with Crippen molar-refractivity contribution in [1.82, 2.24) is 50.3 Å². The topological polar surface area (TPSA) is 200 Å². The third-order valence-electron chi connectivity index (χ3n) is 11.0. The van der Waals surface area contributed by atoms with E-state index in [1.807, 2.05) is 70.2 Å². The molecule has 5 heterocycles. The van der Waals surface area contributed by atoms with Crippen molar-refractivity contribution in [3.8, 4) is 33.8 Å². The summed E-state index contributed by atoms with van der Waals surface area (Å²) < 4.78 is 9.51. The highest BCUT2D eigenvalue weighted by atomic mass is 16.5. The van der Waals surface area contributed by atoms with Crippen molar-refractivity contribution in [3.63, 3.8) is 0 Å². The summed E-state index contributed by atoms with van der Waals surface area (Å²) >= 11 is 0. The van der Waals surface area contributed by atoms with E-state index in [0.717, 1.165) is 70.5 Å².